The summed E-state index contributed by atoms with van der Waals surface area (Å²) in [6.45, 7) is 0. The summed E-state index contributed by atoms with van der Waals surface area (Å²) in [5.41, 5.74) is 0. The fourth-order valence-corrected chi connectivity index (χ4v) is 2.69. The molecule has 0 aliphatic carbocycles. The van der Waals surface area contributed by atoms with E-state index in [1.54, 1.807) is 93.2 Å². The quantitative estimate of drug-likeness (QED) is 0.525. The van der Waals surface area contributed by atoms with Crippen molar-refractivity contribution < 1.29 is 4.79 Å². The maximum atomic E-state index is 13.4. The molecule has 9 nitrogen and oxygen atoms in total. The van der Waals surface area contributed by atoms with Crippen molar-refractivity contribution in [1.82, 2.24) is 38.2 Å². The van der Waals surface area contributed by atoms with Gasteiger partial charge in [-0.15, -0.1) is 0 Å². The van der Waals surface area contributed by atoms with E-state index in [1.807, 2.05) is 0 Å². The number of Topliss-reactive ketones (excluding diaryl/α,β-unsaturated/α-hetero) is 1. The average Bonchev–Trinajstić information content (AvgIpc) is 3.38. The highest BCUT2D eigenvalue weighted by molar-refractivity contribution is 5.86. The van der Waals surface area contributed by atoms with Crippen LogP contribution in [-0.4, -0.2) is 44.0 Å². The number of rotatable bonds is 6. The molecule has 0 fully saturated rings. The van der Waals surface area contributed by atoms with Crippen molar-refractivity contribution in [3.63, 3.8) is 0 Å². The fourth-order valence-electron chi connectivity index (χ4n) is 2.69. The summed E-state index contributed by atoms with van der Waals surface area (Å²) in [6.07, 6.45) is 18.8. The Labute approximate surface area is 136 Å². The van der Waals surface area contributed by atoms with Crippen molar-refractivity contribution in [2.75, 3.05) is 0 Å². The molecule has 0 aliphatic rings. The zero-order valence-electron chi connectivity index (χ0n) is 12.6. The minimum atomic E-state index is -0.621. The molecule has 0 spiro atoms. The Morgan fingerprint density at radius 3 is 1.08 bits per heavy atom. The van der Waals surface area contributed by atoms with Crippen LogP contribution in [0.4, 0.5) is 0 Å². The third-order valence-corrected chi connectivity index (χ3v) is 3.74. The van der Waals surface area contributed by atoms with Crippen molar-refractivity contribution in [2.45, 2.75) is 12.3 Å². The van der Waals surface area contributed by atoms with Crippen molar-refractivity contribution in [3.05, 3.63) is 74.9 Å². The molecule has 0 saturated heterocycles. The van der Waals surface area contributed by atoms with Crippen LogP contribution in [0.2, 0.25) is 0 Å². The molecule has 0 aliphatic heterocycles. The standard InChI is InChI=1S/C15H14N8O/c24-13(14(20-5-1-16-9-20)21-6-2-17-10-21)15(22-7-3-18-11-22)23-8-4-19-12-23/h1-12,14-15H. The minimum absolute atomic E-state index is 0.0815. The molecule has 4 heterocycles. The van der Waals surface area contributed by atoms with E-state index in [-0.39, 0.29) is 5.78 Å². The van der Waals surface area contributed by atoms with Gasteiger partial charge in [-0.25, -0.2) is 19.9 Å². The van der Waals surface area contributed by atoms with E-state index in [1.165, 1.54) is 0 Å². The SMILES string of the molecule is O=C(C(n1ccnc1)n1ccnc1)C(n1ccnc1)n1ccnc1. The molecular formula is C15H14N8O. The van der Waals surface area contributed by atoms with Crippen LogP contribution in [0.3, 0.4) is 0 Å². The van der Waals surface area contributed by atoms with Crippen LogP contribution in [0.1, 0.15) is 12.3 Å². The molecule has 24 heavy (non-hydrogen) atoms. The molecule has 0 aromatic carbocycles. The van der Waals surface area contributed by atoms with Gasteiger partial charge in [-0.3, -0.25) is 4.79 Å². The molecule has 0 amide bonds. The molecule has 9 heteroatoms. The lowest BCUT2D eigenvalue weighted by Gasteiger charge is -2.25. The number of carbonyl (C=O) groups is 1. The van der Waals surface area contributed by atoms with Gasteiger partial charge in [-0.05, 0) is 0 Å². The van der Waals surface area contributed by atoms with Gasteiger partial charge in [0.2, 0.25) is 5.78 Å². The number of carbonyl (C=O) groups excluding carboxylic acids is 1. The molecule has 0 N–H and O–H groups in total. The summed E-state index contributed by atoms with van der Waals surface area (Å²) < 4.78 is 6.96. The Kier molecular flexibility index (Phi) is 3.50. The van der Waals surface area contributed by atoms with E-state index in [4.69, 9.17) is 0 Å². The van der Waals surface area contributed by atoms with Gasteiger partial charge in [-0.2, -0.15) is 0 Å². The molecule has 4 aromatic rings. The molecule has 0 radical (unpaired) electrons. The second-order valence-electron chi connectivity index (χ2n) is 5.19. The summed E-state index contributed by atoms with van der Waals surface area (Å²) >= 11 is 0. The first kappa shape index (κ1) is 14.1. The van der Waals surface area contributed by atoms with Crippen LogP contribution >= 0.6 is 0 Å². The average molecular weight is 322 g/mol. The van der Waals surface area contributed by atoms with Crippen molar-refractivity contribution in [1.29, 1.82) is 0 Å². The highest BCUT2D eigenvalue weighted by atomic mass is 16.1. The Balaban J connectivity index is 1.80. The van der Waals surface area contributed by atoms with Gasteiger partial charge < -0.3 is 18.3 Å². The van der Waals surface area contributed by atoms with E-state index in [0.717, 1.165) is 0 Å². The van der Waals surface area contributed by atoms with Gasteiger partial charge in [0.05, 0.1) is 25.3 Å². The highest BCUT2D eigenvalue weighted by Gasteiger charge is 2.31. The number of aromatic nitrogens is 8. The topological polar surface area (TPSA) is 88.4 Å². The van der Waals surface area contributed by atoms with Gasteiger partial charge in [0.1, 0.15) is 0 Å². The second-order valence-corrected chi connectivity index (χ2v) is 5.19. The number of nitrogens with zero attached hydrogens (tertiary/aromatic N) is 8. The fraction of sp³-hybridized carbons (Fsp3) is 0.133. The first-order chi connectivity index (χ1) is 11.8. The maximum Gasteiger partial charge on any atom is 0.219 e. The van der Waals surface area contributed by atoms with Crippen LogP contribution in [0.5, 0.6) is 0 Å². The van der Waals surface area contributed by atoms with Crippen LogP contribution < -0.4 is 0 Å². The van der Waals surface area contributed by atoms with Gasteiger partial charge >= 0.3 is 0 Å². The summed E-state index contributed by atoms with van der Waals surface area (Å²) in [5.74, 6) is -0.0815. The lowest BCUT2D eigenvalue weighted by atomic mass is 10.2. The van der Waals surface area contributed by atoms with Gasteiger partial charge in [0.15, 0.2) is 12.3 Å². The Morgan fingerprint density at radius 1 is 0.583 bits per heavy atom. The monoisotopic (exact) mass is 322 g/mol. The molecule has 120 valence electrons. The zero-order valence-corrected chi connectivity index (χ0v) is 12.6. The van der Waals surface area contributed by atoms with Gasteiger partial charge in [-0.1, -0.05) is 0 Å². The first-order valence-corrected chi connectivity index (χ1v) is 7.28. The Hall–Kier alpha value is -3.49. The van der Waals surface area contributed by atoms with E-state index < -0.39 is 12.3 Å². The number of hydrogen-bond donors (Lipinski definition) is 0. The van der Waals surface area contributed by atoms with Crippen LogP contribution in [0.15, 0.2) is 74.9 Å². The second kappa shape index (κ2) is 5.95. The van der Waals surface area contributed by atoms with E-state index >= 15 is 0 Å². The summed E-state index contributed by atoms with van der Waals surface area (Å²) in [5, 5.41) is 0. The molecular weight excluding hydrogens is 308 g/mol. The predicted octanol–water partition coefficient (Wildman–Crippen LogP) is 0.836. The van der Waals surface area contributed by atoms with Gasteiger partial charge in [0.25, 0.3) is 0 Å². The third kappa shape index (κ3) is 2.41. The molecule has 0 unspecified atom stereocenters. The van der Waals surface area contributed by atoms with E-state index in [2.05, 4.69) is 19.9 Å². The Bertz CT molecular complexity index is 735. The number of ketones is 1. The first-order valence-electron chi connectivity index (χ1n) is 7.28. The van der Waals surface area contributed by atoms with Crippen molar-refractivity contribution in [3.8, 4) is 0 Å². The van der Waals surface area contributed by atoms with Crippen LogP contribution in [0, 0.1) is 0 Å². The maximum absolute atomic E-state index is 13.4. The molecule has 4 aromatic heterocycles. The Morgan fingerprint density at radius 2 is 0.875 bits per heavy atom. The molecule has 0 atom stereocenters. The molecule has 0 bridgehead atoms. The largest absolute Gasteiger partial charge is 0.309 e. The van der Waals surface area contributed by atoms with Crippen molar-refractivity contribution in [2.24, 2.45) is 0 Å². The van der Waals surface area contributed by atoms with E-state index in [0.29, 0.717) is 0 Å². The van der Waals surface area contributed by atoms with Crippen LogP contribution in [0.25, 0.3) is 0 Å². The summed E-state index contributed by atoms with van der Waals surface area (Å²) in [4.78, 5) is 29.7. The van der Waals surface area contributed by atoms with Gasteiger partial charge in [0, 0.05) is 49.6 Å². The smallest absolute Gasteiger partial charge is 0.219 e. The van der Waals surface area contributed by atoms with Crippen molar-refractivity contribution >= 4 is 5.78 Å². The number of hydrogen-bond acceptors (Lipinski definition) is 5. The third-order valence-electron chi connectivity index (χ3n) is 3.74. The molecule has 4 rings (SSSR count). The highest BCUT2D eigenvalue weighted by Crippen LogP contribution is 2.21. The summed E-state index contributed by atoms with van der Waals surface area (Å²) in [6, 6.07) is 0. The lowest BCUT2D eigenvalue weighted by Crippen LogP contribution is -2.35. The predicted molar refractivity (Wildman–Crippen MR) is 82.8 cm³/mol. The normalized spacial score (nSPS) is 11.4. The summed E-state index contributed by atoms with van der Waals surface area (Å²) in [7, 11) is 0. The lowest BCUT2D eigenvalue weighted by molar-refractivity contribution is -0.127. The minimum Gasteiger partial charge on any atom is -0.309 e. The van der Waals surface area contributed by atoms with Crippen LogP contribution in [-0.2, 0) is 4.79 Å². The number of imidazole rings is 4. The van der Waals surface area contributed by atoms with E-state index in [9.17, 15) is 4.79 Å². The molecule has 0 saturated carbocycles. The zero-order chi connectivity index (χ0) is 16.4.